The molecule has 2 aromatic rings. The van der Waals surface area contributed by atoms with E-state index < -0.39 is 0 Å². The zero-order valence-corrected chi connectivity index (χ0v) is 8.89. The van der Waals surface area contributed by atoms with Crippen LogP contribution >= 0.6 is 0 Å². The van der Waals surface area contributed by atoms with E-state index >= 15 is 0 Å². The molecule has 1 atom stereocenters. The van der Waals surface area contributed by atoms with Crippen molar-refractivity contribution in [3.63, 3.8) is 0 Å². The Morgan fingerprint density at radius 3 is 2.79 bits per heavy atom. The van der Waals surface area contributed by atoms with Crippen molar-refractivity contribution in [1.29, 1.82) is 0 Å². The molecule has 0 amide bonds. The fourth-order valence-corrected chi connectivity index (χ4v) is 1.73. The Morgan fingerprint density at radius 1 is 1.29 bits per heavy atom. The molecule has 2 N–H and O–H groups in total. The van der Waals surface area contributed by atoms with Gasteiger partial charge in [0, 0.05) is 17.3 Å². The molecule has 1 aromatic carbocycles. The van der Waals surface area contributed by atoms with E-state index in [9.17, 15) is 0 Å². The normalized spacial score (nSPS) is 13.4. The highest BCUT2D eigenvalue weighted by atomic mass is 14.9. The summed E-state index contributed by atoms with van der Waals surface area (Å²) in [7, 11) is 1.98. The van der Waals surface area contributed by atoms with Gasteiger partial charge in [0.15, 0.2) is 0 Å². The second-order valence-electron chi connectivity index (χ2n) is 3.81. The van der Waals surface area contributed by atoms with Crippen LogP contribution in [-0.4, -0.2) is 12.0 Å². The van der Waals surface area contributed by atoms with Gasteiger partial charge in [-0.05, 0) is 50.0 Å². The summed E-state index contributed by atoms with van der Waals surface area (Å²) in [6.45, 7) is 4.25. The topological polar surface area (TPSA) is 27.8 Å². The van der Waals surface area contributed by atoms with Gasteiger partial charge in [-0.1, -0.05) is 6.07 Å². The van der Waals surface area contributed by atoms with Gasteiger partial charge in [-0.2, -0.15) is 0 Å². The maximum Gasteiger partial charge on any atom is 0.0456 e. The summed E-state index contributed by atoms with van der Waals surface area (Å²) in [5.74, 6) is 0. The van der Waals surface area contributed by atoms with Crippen LogP contribution in [0.2, 0.25) is 0 Å². The average Bonchev–Trinajstić information content (AvgIpc) is 2.55. The molecule has 14 heavy (non-hydrogen) atoms. The SMILES string of the molecule is CNC(C)c1ccc2[nH]c(C)cc2c1. The largest absolute Gasteiger partial charge is 0.359 e. The van der Waals surface area contributed by atoms with Crippen LogP contribution in [-0.2, 0) is 0 Å². The third-order valence-corrected chi connectivity index (χ3v) is 2.71. The van der Waals surface area contributed by atoms with E-state index in [4.69, 9.17) is 0 Å². The zero-order chi connectivity index (χ0) is 10.1. The molecule has 0 saturated carbocycles. The minimum Gasteiger partial charge on any atom is -0.359 e. The lowest BCUT2D eigenvalue weighted by Crippen LogP contribution is -2.11. The first-order chi connectivity index (χ1) is 6.70. The van der Waals surface area contributed by atoms with E-state index in [1.54, 1.807) is 0 Å². The van der Waals surface area contributed by atoms with Gasteiger partial charge in [-0.15, -0.1) is 0 Å². The Balaban J connectivity index is 2.50. The van der Waals surface area contributed by atoms with Gasteiger partial charge in [0.25, 0.3) is 0 Å². The number of H-pyrrole nitrogens is 1. The Hall–Kier alpha value is -1.28. The lowest BCUT2D eigenvalue weighted by Gasteiger charge is -2.09. The number of nitrogens with one attached hydrogen (secondary N) is 2. The van der Waals surface area contributed by atoms with Crippen LogP contribution in [0.15, 0.2) is 24.3 Å². The van der Waals surface area contributed by atoms with Gasteiger partial charge >= 0.3 is 0 Å². The Labute approximate surface area is 84.3 Å². The molecule has 74 valence electrons. The quantitative estimate of drug-likeness (QED) is 0.745. The first-order valence-corrected chi connectivity index (χ1v) is 4.97. The fourth-order valence-electron chi connectivity index (χ4n) is 1.73. The smallest absolute Gasteiger partial charge is 0.0456 e. The lowest BCUT2D eigenvalue weighted by atomic mass is 10.1. The third-order valence-electron chi connectivity index (χ3n) is 2.71. The molecule has 0 saturated heterocycles. The van der Waals surface area contributed by atoms with E-state index in [1.165, 1.54) is 22.2 Å². The summed E-state index contributed by atoms with van der Waals surface area (Å²) >= 11 is 0. The summed E-state index contributed by atoms with van der Waals surface area (Å²) in [6, 6.07) is 9.14. The molecule has 0 bridgehead atoms. The van der Waals surface area contributed by atoms with Gasteiger partial charge in [-0.25, -0.2) is 0 Å². The van der Waals surface area contributed by atoms with Gasteiger partial charge in [0.2, 0.25) is 0 Å². The van der Waals surface area contributed by atoms with Crippen LogP contribution in [0.1, 0.15) is 24.2 Å². The van der Waals surface area contributed by atoms with Crippen LogP contribution in [0, 0.1) is 6.92 Å². The van der Waals surface area contributed by atoms with Crippen molar-refractivity contribution in [3.05, 3.63) is 35.5 Å². The van der Waals surface area contributed by atoms with Gasteiger partial charge in [0.1, 0.15) is 0 Å². The molecule has 2 heteroatoms. The summed E-state index contributed by atoms with van der Waals surface area (Å²) in [4.78, 5) is 3.32. The molecule has 1 aromatic heterocycles. The van der Waals surface area contributed by atoms with Crippen molar-refractivity contribution in [2.45, 2.75) is 19.9 Å². The van der Waals surface area contributed by atoms with Crippen LogP contribution in [0.3, 0.4) is 0 Å². The molecule has 1 unspecified atom stereocenters. The highest BCUT2D eigenvalue weighted by Gasteiger charge is 2.04. The molecule has 1 heterocycles. The lowest BCUT2D eigenvalue weighted by molar-refractivity contribution is 0.653. The van der Waals surface area contributed by atoms with E-state index in [1.807, 2.05) is 7.05 Å². The first-order valence-electron chi connectivity index (χ1n) is 4.97. The van der Waals surface area contributed by atoms with E-state index in [-0.39, 0.29) is 0 Å². The van der Waals surface area contributed by atoms with E-state index in [0.29, 0.717) is 6.04 Å². The highest BCUT2D eigenvalue weighted by Crippen LogP contribution is 2.20. The number of hydrogen-bond acceptors (Lipinski definition) is 1. The number of benzene rings is 1. The number of fused-ring (bicyclic) bond motifs is 1. The van der Waals surface area contributed by atoms with Crippen LogP contribution < -0.4 is 5.32 Å². The fraction of sp³-hybridized carbons (Fsp3) is 0.333. The monoisotopic (exact) mass is 188 g/mol. The van der Waals surface area contributed by atoms with Crippen LogP contribution in [0.4, 0.5) is 0 Å². The standard InChI is InChI=1S/C12H16N2/c1-8-6-11-7-10(9(2)13-3)4-5-12(11)14-8/h4-7,9,13-14H,1-3H3. The van der Waals surface area contributed by atoms with Crippen molar-refractivity contribution < 1.29 is 0 Å². The van der Waals surface area contributed by atoms with Crippen molar-refractivity contribution >= 4 is 10.9 Å². The summed E-state index contributed by atoms with van der Waals surface area (Å²) in [6.07, 6.45) is 0. The molecular weight excluding hydrogens is 172 g/mol. The Kier molecular flexibility index (Phi) is 2.30. The zero-order valence-electron chi connectivity index (χ0n) is 8.89. The van der Waals surface area contributed by atoms with Crippen molar-refractivity contribution in [2.24, 2.45) is 0 Å². The molecule has 0 spiro atoms. The van der Waals surface area contributed by atoms with Crippen molar-refractivity contribution in [1.82, 2.24) is 10.3 Å². The van der Waals surface area contributed by atoms with Gasteiger partial charge in [0.05, 0.1) is 0 Å². The Morgan fingerprint density at radius 2 is 2.07 bits per heavy atom. The number of aromatic nitrogens is 1. The number of rotatable bonds is 2. The molecule has 0 aliphatic heterocycles. The molecule has 2 rings (SSSR count). The number of aryl methyl sites for hydroxylation is 1. The van der Waals surface area contributed by atoms with E-state index in [0.717, 1.165) is 0 Å². The predicted molar refractivity (Wildman–Crippen MR) is 60.5 cm³/mol. The minimum absolute atomic E-state index is 0.412. The molecular formula is C12H16N2. The predicted octanol–water partition coefficient (Wildman–Crippen LogP) is 2.76. The van der Waals surface area contributed by atoms with Crippen LogP contribution in [0.5, 0.6) is 0 Å². The van der Waals surface area contributed by atoms with Gasteiger partial charge in [-0.3, -0.25) is 0 Å². The average molecular weight is 188 g/mol. The summed E-state index contributed by atoms with van der Waals surface area (Å²) < 4.78 is 0. The first kappa shape index (κ1) is 9.28. The molecule has 0 aliphatic carbocycles. The maximum atomic E-state index is 3.32. The summed E-state index contributed by atoms with van der Waals surface area (Å²) in [5.41, 5.74) is 3.77. The van der Waals surface area contributed by atoms with E-state index in [2.05, 4.69) is 48.4 Å². The highest BCUT2D eigenvalue weighted by molar-refractivity contribution is 5.81. The van der Waals surface area contributed by atoms with Crippen LogP contribution in [0.25, 0.3) is 10.9 Å². The Bertz CT molecular complexity index is 443. The summed E-state index contributed by atoms with van der Waals surface area (Å²) in [5, 5.41) is 4.54. The molecule has 2 nitrogen and oxygen atoms in total. The van der Waals surface area contributed by atoms with Crippen molar-refractivity contribution in [3.8, 4) is 0 Å². The number of hydrogen-bond donors (Lipinski definition) is 2. The van der Waals surface area contributed by atoms with Crippen molar-refractivity contribution in [2.75, 3.05) is 7.05 Å². The molecule has 0 aliphatic rings. The molecule has 0 radical (unpaired) electrons. The second kappa shape index (κ2) is 3.46. The number of aromatic amines is 1. The molecule has 0 fully saturated rings. The third kappa shape index (κ3) is 1.53. The van der Waals surface area contributed by atoms with Gasteiger partial charge < -0.3 is 10.3 Å². The minimum atomic E-state index is 0.412. The second-order valence-corrected chi connectivity index (χ2v) is 3.81. The maximum absolute atomic E-state index is 3.32.